The summed E-state index contributed by atoms with van der Waals surface area (Å²) in [7, 11) is 1.65. The fourth-order valence-electron chi connectivity index (χ4n) is 4.24. The van der Waals surface area contributed by atoms with Gasteiger partial charge in [-0.15, -0.1) is 0 Å². The van der Waals surface area contributed by atoms with Crippen LogP contribution >= 0.6 is 0 Å². The molecular weight excluding hydrogens is 324 g/mol. The second kappa shape index (κ2) is 7.81. The van der Waals surface area contributed by atoms with Crippen LogP contribution in [0.1, 0.15) is 44.1 Å². The molecule has 2 aliphatic rings. The third kappa shape index (κ3) is 3.86. The van der Waals surface area contributed by atoms with Gasteiger partial charge in [0.25, 0.3) is 0 Å². The molecule has 1 heterocycles. The fourth-order valence-corrected chi connectivity index (χ4v) is 4.24. The standard InChI is InChI=1S/C20H27F2NO2/c1-25-14-20(10-4-11-20)19(24)23-12-3-5-15(13-23)8-9-16-17(21)6-2-7-18(16)22/h2,6-7,15H,3-5,8-14H2,1H3. The minimum absolute atomic E-state index is 0.167. The molecule has 1 aliphatic heterocycles. The first-order chi connectivity index (χ1) is 12.1. The lowest BCUT2D eigenvalue weighted by molar-refractivity contribution is -0.154. The predicted octanol–water partition coefficient (Wildman–Crippen LogP) is 3.95. The van der Waals surface area contributed by atoms with E-state index in [4.69, 9.17) is 4.74 Å². The van der Waals surface area contributed by atoms with Gasteiger partial charge in [0.1, 0.15) is 11.6 Å². The number of nitrogens with zero attached hydrogens (tertiary/aromatic N) is 1. The molecule has 1 atom stereocenters. The summed E-state index contributed by atoms with van der Waals surface area (Å²) >= 11 is 0. The molecule has 0 spiro atoms. The van der Waals surface area contributed by atoms with Gasteiger partial charge in [0.15, 0.2) is 0 Å². The average Bonchev–Trinajstić information content (AvgIpc) is 2.57. The van der Waals surface area contributed by atoms with Crippen molar-refractivity contribution in [1.29, 1.82) is 0 Å². The van der Waals surface area contributed by atoms with Crippen molar-refractivity contribution in [2.45, 2.75) is 44.9 Å². The highest BCUT2D eigenvalue weighted by Crippen LogP contribution is 2.43. The molecule has 3 nitrogen and oxygen atoms in total. The summed E-state index contributed by atoms with van der Waals surface area (Å²) in [5.74, 6) is -0.437. The van der Waals surface area contributed by atoms with Crippen LogP contribution in [0.2, 0.25) is 0 Å². The van der Waals surface area contributed by atoms with E-state index in [1.54, 1.807) is 7.11 Å². The lowest BCUT2D eigenvalue weighted by Crippen LogP contribution is -2.53. The zero-order chi connectivity index (χ0) is 17.9. The van der Waals surface area contributed by atoms with E-state index in [9.17, 15) is 13.6 Å². The summed E-state index contributed by atoms with van der Waals surface area (Å²) in [4.78, 5) is 14.9. The second-order valence-corrected chi connectivity index (χ2v) is 7.57. The van der Waals surface area contributed by atoms with Gasteiger partial charge in [0.05, 0.1) is 12.0 Å². The van der Waals surface area contributed by atoms with Crippen LogP contribution in [0, 0.1) is 23.0 Å². The first-order valence-corrected chi connectivity index (χ1v) is 9.27. The molecule has 1 saturated carbocycles. The van der Waals surface area contributed by atoms with Crippen LogP contribution < -0.4 is 0 Å². The van der Waals surface area contributed by atoms with E-state index in [-0.39, 0.29) is 16.9 Å². The van der Waals surface area contributed by atoms with Gasteiger partial charge in [-0.3, -0.25) is 4.79 Å². The SMILES string of the molecule is COCC1(C(=O)N2CCCC(CCc3c(F)cccc3F)C2)CCC1. The highest BCUT2D eigenvalue weighted by atomic mass is 19.1. The Balaban J connectivity index is 1.59. The Morgan fingerprint density at radius 1 is 1.28 bits per heavy atom. The molecule has 3 rings (SSSR count). The van der Waals surface area contributed by atoms with Crippen LogP contribution in [0.5, 0.6) is 0 Å². The van der Waals surface area contributed by atoms with Gasteiger partial charge in [0, 0.05) is 25.8 Å². The van der Waals surface area contributed by atoms with Gasteiger partial charge in [-0.2, -0.15) is 0 Å². The maximum absolute atomic E-state index is 13.8. The van der Waals surface area contributed by atoms with Crippen LogP contribution in [0.15, 0.2) is 18.2 Å². The van der Waals surface area contributed by atoms with E-state index in [0.717, 1.165) is 38.6 Å². The van der Waals surface area contributed by atoms with Crippen molar-refractivity contribution in [3.63, 3.8) is 0 Å². The van der Waals surface area contributed by atoms with Gasteiger partial charge in [-0.05, 0) is 56.6 Å². The lowest BCUT2D eigenvalue weighted by Gasteiger charge is -2.45. The molecular formula is C20H27F2NO2. The Hall–Kier alpha value is -1.49. The Kier molecular flexibility index (Phi) is 5.72. The number of halogens is 2. The minimum atomic E-state index is -0.475. The van der Waals surface area contributed by atoms with E-state index in [1.165, 1.54) is 18.2 Å². The number of hydrogen-bond donors (Lipinski definition) is 0. The smallest absolute Gasteiger partial charge is 0.231 e. The molecule has 0 bridgehead atoms. The van der Waals surface area contributed by atoms with Crippen LogP contribution in [-0.4, -0.2) is 37.6 Å². The van der Waals surface area contributed by atoms with E-state index in [0.29, 0.717) is 31.9 Å². The number of piperidine rings is 1. The molecule has 0 N–H and O–H groups in total. The van der Waals surface area contributed by atoms with E-state index < -0.39 is 11.6 Å². The zero-order valence-corrected chi connectivity index (χ0v) is 14.9. The molecule has 25 heavy (non-hydrogen) atoms. The molecule has 1 unspecified atom stereocenters. The van der Waals surface area contributed by atoms with Crippen molar-refractivity contribution < 1.29 is 18.3 Å². The Labute approximate surface area is 148 Å². The molecule has 1 aromatic rings. The number of carbonyl (C=O) groups excluding carboxylic acids is 1. The van der Waals surface area contributed by atoms with Crippen LogP contribution in [-0.2, 0) is 16.0 Å². The quantitative estimate of drug-likeness (QED) is 0.777. The van der Waals surface area contributed by atoms with Gasteiger partial charge in [-0.25, -0.2) is 8.78 Å². The molecule has 0 aromatic heterocycles. The summed E-state index contributed by atoms with van der Waals surface area (Å²) < 4.78 is 32.9. The maximum Gasteiger partial charge on any atom is 0.231 e. The summed E-state index contributed by atoms with van der Waals surface area (Å²) in [5.41, 5.74) is -0.158. The monoisotopic (exact) mass is 351 g/mol. The first-order valence-electron chi connectivity index (χ1n) is 9.27. The van der Waals surface area contributed by atoms with Crippen molar-refractivity contribution >= 4 is 5.91 Å². The summed E-state index contributed by atoms with van der Waals surface area (Å²) in [6.45, 7) is 1.97. The van der Waals surface area contributed by atoms with Crippen molar-refractivity contribution in [2.24, 2.45) is 11.3 Å². The third-order valence-corrected chi connectivity index (χ3v) is 5.86. The molecule has 1 aliphatic carbocycles. The number of carbonyl (C=O) groups is 1. The number of benzene rings is 1. The Bertz CT molecular complexity index is 595. The Morgan fingerprint density at radius 2 is 2.00 bits per heavy atom. The third-order valence-electron chi connectivity index (χ3n) is 5.86. The van der Waals surface area contributed by atoms with E-state index in [2.05, 4.69) is 0 Å². The normalized spacial score (nSPS) is 22.5. The average molecular weight is 351 g/mol. The van der Waals surface area contributed by atoms with Crippen LogP contribution in [0.3, 0.4) is 0 Å². The van der Waals surface area contributed by atoms with Crippen molar-refractivity contribution in [2.75, 3.05) is 26.8 Å². The molecule has 1 aromatic carbocycles. The molecule has 1 saturated heterocycles. The maximum atomic E-state index is 13.8. The van der Waals surface area contributed by atoms with Gasteiger partial charge < -0.3 is 9.64 Å². The second-order valence-electron chi connectivity index (χ2n) is 7.57. The number of ether oxygens (including phenoxy) is 1. The van der Waals surface area contributed by atoms with Gasteiger partial charge in [-0.1, -0.05) is 12.5 Å². The molecule has 1 amide bonds. The minimum Gasteiger partial charge on any atom is -0.384 e. The van der Waals surface area contributed by atoms with Crippen molar-refractivity contribution in [3.8, 4) is 0 Å². The largest absolute Gasteiger partial charge is 0.384 e. The van der Waals surface area contributed by atoms with Gasteiger partial charge >= 0.3 is 0 Å². The summed E-state index contributed by atoms with van der Waals surface area (Å²) in [6.07, 6.45) is 5.95. The Morgan fingerprint density at radius 3 is 2.60 bits per heavy atom. The first kappa shape index (κ1) is 18.3. The highest BCUT2D eigenvalue weighted by Gasteiger charge is 2.46. The number of amides is 1. The van der Waals surface area contributed by atoms with Crippen molar-refractivity contribution in [3.05, 3.63) is 35.4 Å². The van der Waals surface area contributed by atoms with Gasteiger partial charge in [0.2, 0.25) is 5.91 Å². The molecule has 2 fully saturated rings. The van der Waals surface area contributed by atoms with Crippen LogP contribution in [0.25, 0.3) is 0 Å². The number of methoxy groups -OCH3 is 1. The molecule has 138 valence electrons. The molecule has 0 radical (unpaired) electrons. The summed E-state index contributed by atoms with van der Waals surface area (Å²) in [6, 6.07) is 4.00. The molecule has 5 heteroatoms. The zero-order valence-electron chi connectivity index (χ0n) is 14.9. The van der Waals surface area contributed by atoms with Crippen LogP contribution in [0.4, 0.5) is 8.78 Å². The number of likely N-dealkylation sites (tertiary alicyclic amines) is 1. The highest BCUT2D eigenvalue weighted by molar-refractivity contribution is 5.84. The number of hydrogen-bond acceptors (Lipinski definition) is 2. The lowest BCUT2D eigenvalue weighted by atomic mass is 9.68. The summed E-state index contributed by atoms with van der Waals surface area (Å²) in [5, 5.41) is 0. The fraction of sp³-hybridized carbons (Fsp3) is 0.650. The van der Waals surface area contributed by atoms with Crippen molar-refractivity contribution in [1.82, 2.24) is 4.90 Å². The van der Waals surface area contributed by atoms with E-state index >= 15 is 0 Å². The van der Waals surface area contributed by atoms with E-state index in [1.807, 2.05) is 4.90 Å². The number of rotatable bonds is 6. The predicted molar refractivity (Wildman–Crippen MR) is 92.1 cm³/mol. The topological polar surface area (TPSA) is 29.5 Å².